The summed E-state index contributed by atoms with van der Waals surface area (Å²) < 4.78 is 19.8. The summed E-state index contributed by atoms with van der Waals surface area (Å²) in [5.41, 5.74) is 1.67. The first-order valence-corrected chi connectivity index (χ1v) is 10.8. The molecule has 7 heteroatoms. The number of rotatable bonds is 5. The number of pyridine rings is 1. The van der Waals surface area contributed by atoms with Gasteiger partial charge in [-0.25, -0.2) is 9.18 Å². The zero-order valence-electron chi connectivity index (χ0n) is 16.3. The van der Waals surface area contributed by atoms with Crippen LogP contribution < -0.4 is 5.32 Å². The van der Waals surface area contributed by atoms with E-state index in [0.717, 1.165) is 37.7 Å². The van der Waals surface area contributed by atoms with Crippen LogP contribution in [0.2, 0.25) is 0 Å². The number of carbonyl (C=O) groups is 2. The Morgan fingerprint density at radius 2 is 1.80 bits per heavy atom. The molecule has 30 heavy (non-hydrogen) atoms. The van der Waals surface area contributed by atoms with E-state index in [9.17, 15) is 14.0 Å². The minimum atomic E-state index is -0.618. The molecule has 0 bridgehead atoms. The summed E-state index contributed by atoms with van der Waals surface area (Å²) >= 11 is 1.21. The van der Waals surface area contributed by atoms with E-state index >= 15 is 0 Å². The van der Waals surface area contributed by atoms with E-state index in [4.69, 9.17) is 4.74 Å². The molecule has 0 spiro atoms. The summed E-state index contributed by atoms with van der Waals surface area (Å²) in [5, 5.41) is 4.84. The lowest BCUT2D eigenvalue weighted by molar-refractivity contribution is 0.0214. The maximum atomic E-state index is 14.0. The Morgan fingerprint density at radius 3 is 2.53 bits per heavy atom. The normalized spacial score (nSPS) is 14.3. The molecule has 1 amide bonds. The molecule has 0 atom stereocenters. The first-order chi connectivity index (χ1) is 14.6. The zero-order valence-corrected chi connectivity index (χ0v) is 17.1. The Bertz CT molecular complexity index is 1050. The van der Waals surface area contributed by atoms with Gasteiger partial charge in [-0.1, -0.05) is 18.6 Å². The van der Waals surface area contributed by atoms with Crippen molar-refractivity contribution in [1.29, 1.82) is 0 Å². The molecule has 1 aliphatic rings. The predicted octanol–water partition coefficient (Wildman–Crippen LogP) is 5.69. The number of thiophene rings is 1. The van der Waals surface area contributed by atoms with Gasteiger partial charge in [0.2, 0.25) is 0 Å². The minimum Gasteiger partial charge on any atom is -0.459 e. The Hall–Kier alpha value is -3.06. The molecule has 1 aliphatic carbocycles. The van der Waals surface area contributed by atoms with Crippen molar-refractivity contribution in [3.8, 4) is 11.1 Å². The summed E-state index contributed by atoms with van der Waals surface area (Å²) in [7, 11) is 0. The number of aromatic nitrogens is 1. The number of hydrogen-bond donors (Lipinski definition) is 1. The highest BCUT2D eigenvalue weighted by Crippen LogP contribution is 2.37. The molecular formula is C23H21FN2O3S. The fourth-order valence-electron chi connectivity index (χ4n) is 3.61. The molecule has 2 aromatic heterocycles. The number of amides is 1. The van der Waals surface area contributed by atoms with Crippen molar-refractivity contribution < 1.29 is 18.7 Å². The molecular weight excluding hydrogens is 403 g/mol. The van der Waals surface area contributed by atoms with Crippen molar-refractivity contribution in [2.75, 3.05) is 5.32 Å². The van der Waals surface area contributed by atoms with Crippen molar-refractivity contribution >= 4 is 28.2 Å². The van der Waals surface area contributed by atoms with Crippen molar-refractivity contribution in [3.63, 3.8) is 0 Å². The van der Waals surface area contributed by atoms with Crippen LogP contribution in [0.1, 0.15) is 52.8 Å². The van der Waals surface area contributed by atoms with Gasteiger partial charge in [0.15, 0.2) is 0 Å². The Labute approximate surface area is 177 Å². The Morgan fingerprint density at radius 1 is 1.07 bits per heavy atom. The number of nitrogens with zero attached hydrogens (tertiary/aromatic N) is 1. The molecule has 1 N–H and O–H groups in total. The van der Waals surface area contributed by atoms with Gasteiger partial charge in [0.05, 0.1) is 5.56 Å². The molecule has 0 radical (unpaired) electrons. The number of anilines is 1. The molecule has 1 fully saturated rings. The van der Waals surface area contributed by atoms with Gasteiger partial charge in [-0.3, -0.25) is 9.78 Å². The van der Waals surface area contributed by atoms with E-state index in [1.807, 2.05) is 0 Å². The highest BCUT2D eigenvalue weighted by Gasteiger charge is 2.27. The highest BCUT2D eigenvalue weighted by atomic mass is 32.1. The molecule has 1 aromatic carbocycles. The second kappa shape index (κ2) is 9.17. The summed E-state index contributed by atoms with van der Waals surface area (Å²) in [5.74, 6) is -1.70. The summed E-state index contributed by atoms with van der Waals surface area (Å²) in [6.07, 6.45) is 8.08. The quantitative estimate of drug-likeness (QED) is 0.534. The fraction of sp³-hybridized carbons (Fsp3) is 0.261. The smallest absolute Gasteiger partial charge is 0.342 e. The van der Waals surface area contributed by atoms with E-state index in [-0.39, 0.29) is 11.7 Å². The lowest BCUT2D eigenvalue weighted by Crippen LogP contribution is -2.22. The molecule has 0 saturated heterocycles. The molecule has 154 valence electrons. The van der Waals surface area contributed by atoms with Gasteiger partial charge in [-0.15, -0.1) is 11.3 Å². The molecule has 0 unspecified atom stereocenters. The van der Waals surface area contributed by atoms with Crippen LogP contribution in [0.3, 0.4) is 0 Å². The first-order valence-electron chi connectivity index (χ1n) is 9.92. The number of ether oxygens (including phenoxy) is 1. The maximum Gasteiger partial charge on any atom is 0.342 e. The van der Waals surface area contributed by atoms with Crippen LogP contribution in [0.4, 0.5) is 9.39 Å². The van der Waals surface area contributed by atoms with E-state index in [2.05, 4.69) is 10.3 Å². The third-order valence-electron chi connectivity index (χ3n) is 5.16. The molecule has 1 saturated carbocycles. The molecule has 4 rings (SSSR count). The van der Waals surface area contributed by atoms with Crippen molar-refractivity contribution in [2.45, 2.75) is 38.2 Å². The predicted molar refractivity (Wildman–Crippen MR) is 114 cm³/mol. The van der Waals surface area contributed by atoms with Crippen LogP contribution in [-0.4, -0.2) is 23.0 Å². The Balaban J connectivity index is 1.66. The molecule has 2 heterocycles. The first kappa shape index (κ1) is 20.2. The van der Waals surface area contributed by atoms with Crippen LogP contribution in [0.5, 0.6) is 0 Å². The van der Waals surface area contributed by atoms with Gasteiger partial charge in [0.25, 0.3) is 5.91 Å². The summed E-state index contributed by atoms with van der Waals surface area (Å²) in [6.45, 7) is 0. The largest absolute Gasteiger partial charge is 0.459 e. The number of carbonyl (C=O) groups excluding carboxylic acids is 2. The van der Waals surface area contributed by atoms with Crippen LogP contribution >= 0.6 is 11.3 Å². The van der Waals surface area contributed by atoms with Gasteiger partial charge in [0, 0.05) is 23.3 Å². The average molecular weight is 424 g/mol. The Kier molecular flexibility index (Phi) is 6.18. The van der Waals surface area contributed by atoms with E-state index in [1.54, 1.807) is 36.0 Å². The van der Waals surface area contributed by atoms with Crippen molar-refractivity contribution in [1.82, 2.24) is 4.98 Å². The average Bonchev–Trinajstić information content (AvgIpc) is 3.19. The molecule has 3 aromatic rings. The van der Waals surface area contributed by atoms with Gasteiger partial charge >= 0.3 is 5.97 Å². The van der Waals surface area contributed by atoms with E-state index in [0.29, 0.717) is 16.1 Å². The lowest BCUT2D eigenvalue weighted by atomic mass is 9.97. The topological polar surface area (TPSA) is 68.3 Å². The van der Waals surface area contributed by atoms with Crippen LogP contribution in [0.15, 0.2) is 54.2 Å². The maximum absolute atomic E-state index is 14.0. The van der Waals surface area contributed by atoms with E-state index < -0.39 is 17.7 Å². The van der Waals surface area contributed by atoms with Crippen molar-refractivity contribution in [3.05, 3.63) is 71.1 Å². The fourth-order valence-corrected chi connectivity index (χ4v) is 4.56. The molecule has 0 aliphatic heterocycles. The third kappa shape index (κ3) is 4.41. The summed E-state index contributed by atoms with van der Waals surface area (Å²) in [4.78, 5) is 29.8. The second-order valence-corrected chi connectivity index (χ2v) is 8.07. The van der Waals surface area contributed by atoms with Crippen molar-refractivity contribution in [2.24, 2.45) is 0 Å². The van der Waals surface area contributed by atoms with Crippen LogP contribution in [-0.2, 0) is 4.74 Å². The minimum absolute atomic E-state index is 0.0806. The van der Waals surface area contributed by atoms with Crippen LogP contribution in [0.25, 0.3) is 11.1 Å². The number of hydrogen-bond acceptors (Lipinski definition) is 5. The SMILES string of the molecule is O=C(Nc1scc(-c2ccncc2)c1C(=O)OC1CCCCC1)c1ccccc1F. The number of halogens is 1. The number of benzene rings is 1. The van der Waals surface area contributed by atoms with Gasteiger partial charge in [-0.05, 0) is 55.5 Å². The number of esters is 1. The third-order valence-corrected chi connectivity index (χ3v) is 6.05. The van der Waals surface area contributed by atoms with E-state index in [1.165, 1.54) is 29.5 Å². The van der Waals surface area contributed by atoms with Gasteiger partial charge < -0.3 is 10.1 Å². The number of nitrogens with one attached hydrogen (secondary N) is 1. The lowest BCUT2D eigenvalue weighted by Gasteiger charge is -2.22. The van der Waals surface area contributed by atoms with Crippen LogP contribution in [0, 0.1) is 5.82 Å². The highest BCUT2D eigenvalue weighted by molar-refractivity contribution is 7.15. The molecule has 5 nitrogen and oxygen atoms in total. The zero-order chi connectivity index (χ0) is 20.9. The summed E-state index contributed by atoms with van der Waals surface area (Å²) in [6, 6.07) is 9.33. The monoisotopic (exact) mass is 424 g/mol. The van der Waals surface area contributed by atoms with Gasteiger partial charge in [0.1, 0.15) is 22.5 Å². The van der Waals surface area contributed by atoms with Gasteiger partial charge in [-0.2, -0.15) is 0 Å². The second-order valence-electron chi connectivity index (χ2n) is 7.19. The standard InChI is InChI=1S/C23H21FN2O3S/c24-19-9-5-4-8-17(19)21(27)26-22-20(23(28)29-16-6-2-1-3-7-16)18(14-30-22)15-10-12-25-13-11-15/h4-5,8-14,16H,1-3,6-7H2,(H,26,27).